The molecule has 8 nitrogen and oxygen atoms in total. The van der Waals surface area contributed by atoms with Gasteiger partial charge in [-0.15, -0.1) is 0 Å². The molecule has 0 fully saturated rings. The van der Waals surface area contributed by atoms with Gasteiger partial charge in [0.1, 0.15) is 6.04 Å². The van der Waals surface area contributed by atoms with Crippen molar-refractivity contribution in [3.05, 3.63) is 35.4 Å². The monoisotopic (exact) mass is 391 g/mol. The first-order chi connectivity index (χ1) is 12.9. The van der Waals surface area contributed by atoms with Gasteiger partial charge in [-0.25, -0.2) is 9.59 Å². The zero-order valence-electron chi connectivity index (χ0n) is 17.2. The van der Waals surface area contributed by atoms with E-state index in [0.29, 0.717) is 5.56 Å². The minimum Gasteiger partial charge on any atom is -0.454 e. The highest BCUT2D eigenvalue weighted by Crippen LogP contribution is 2.08. The Bertz CT molecular complexity index is 720. The summed E-state index contributed by atoms with van der Waals surface area (Å²) in [6.45, 7) is 10.1. The van der Waals surface area contributed by atoms with Crippen LogP contribution in [0.4, 0.5) is 4.79 Å². The number of ether oxygens (including phenoxy) is 1. The average molecular weight is 391 g/mol. The molecule has 1 aromatic rings. The molecule has 4 amide bonds. The van der Waals surface area contributed by atoms with Gasteiger partial charge in [-0.3, -0.25) is 14.9 Å². The van der Waals surface area contributed by atoms with E-state index >= 15 is 0 Å². The summed E-state index contributed by atoms with van der Waals surface area (Å²) >= 11 is 0. The smallest absolute Gasteiger partial charge is 0.329 e. The van der Waals surface area contributed by atoms with Crippen molar-refractivity contribution in [1.29, 1.82) is 0 Å². The summed E-state index contributed by atoms with van der Waals surface area (Å²) in [7, 11) is 0. The molecule has 1 unspecified atom stereocenters. The maximum Gasteiger partial charge on any atom is 0.329 e. The molecule has 0 spiro atoms. The first-order valence-corrected chi connectivity index (χ1v) is 9.05. The summed E-state index contributed by atoms with van der Waals surface area (Å²) in [5, 5.41) is 7.26. The Morgan fingerprint density at radius 3 is 2.11 bits per heavy atom. The number of hydrogen-bond donors (Lipinski definition) is 3. The van der Waals surface area contributed by atoms with Crippen molar-refractivity contribution in [2.75, 3.05) is 6.61 Å². The number of carbonyl (C=O) groups is 4. The maximum atomic E-state index is 12.3. The van der Waals surface area contributed by atoms with Crippen LogP contribution in [0.1, 0.15) is 50.5 Å². The number of amides is 4. The van der Waals surface area contributed by atoms with E-state index in [1.54, 1.807) is 58.9 Å². The Morgan fingerprint density at radius 2 is 1.61 bits per heavy atom. The first-order valence-electron chi connectivity index (χ1n) is 9.05. The molecule has 1 rings (SSSR count). The zero-order valence-corrected chi connectivity index (χ0v) is 17.2. The van der Waals surface area contributed by atoms with Crippen molar-refractivity contribution in [2.24, 2.45) is 5.92 Å². The lowest BCUT2D eigenvalue weighted by molar-refractivity contribution is -0.151. The molecule has 8 heteroatoms. The van der Waals surface area contributed by atoms with Gasteiger partial charge in [0.05, 0.1) is 0 Å². The van der Waals surface area contributed by atoms with Crippen LogP contribution in [0, 0.1) is 12.8 Å². The van der Waals surface area contributed by atoms with E-state index in [4.69, 9.17) is 4.74 Å². The molecule has 1 atom stereocenters. The van der Waals surface area contributed by atoms with Crippen LogP contribution in [-0.4, -0.2) is 42.0 Å². The molecule has 0 aromatic heterocycles. The lowest BCUT2D eigenvalue weighted by atomic mass is 10.0. The number of rotatable bonds is 6. The summed E-state index contributed by atoms with van der Waals surface area (Å²) < 4.78 is 4.97. The number of urea groups is 1. The first kappa shape index (κ1) is 23.1. The second kappa shape index (κ2) is 9.87. The summed E-state index contributed by atoms with van der Waals surface area (Å²) in [4.78, 5) is 48.1. The number of imide groups is 1. The average Bonchev–Trinajstić information content (AvgIpc) is 2.55. The molecule has 3 N–H and O–H groups in total. The van der Waals surface area contributed by atoms with Crippen LogP contribution in [0.25, 0.3) is 0 Å². The highest BCUT2D eigenvalue weighted by molar-refractivity contribution is 5.98. The number of carbonyl (C=O) groups excluding carboxylic acids is 4. The quantitative estimate of drug-likeness (QED) is 0.641. The van der Waals surface area contributed by atoms with Crippen LogP contribution >= 0.6 is 0 Å². The van der Waals surface area contributed by atoms with E-state index in [9.17, 15) is 19.2 Å². The number of esters is 1. The van der Waals surface area contributed by atoms with Crippen molar-refractivity contribution in [3.8, 4) is 0 Å². The van der Waals surface area contributed by atoms with Gasteiger partial charge < -0.3 is 15.4 Å². The Morgan fingerprint density at radius 1 is 1.04 bits per heavy atom. The van der Waals surface area contributed by atoms with Crippen LogP contribution in [0.2, 0.25) is 0 Å². The lowest BCUT2D eigenvalue weighted by Crippen LogP contribution is -2.50. The van der Waals surface area contributed by atoms with Crippen molar-refractivity contribution >= 4 is 23.8 Å². The predicted octanol–water partition coefficient (Wildman–Crippen LogP) is 1.92. The molecule has 28 heavy (non-hydrogen) atoms. The third-order valence-corrected chi connectivity index (χ3v) is 3.61. The second-order valence-corrected chi connectivity index (χ2v) is 7.92. The Balaban J connectivity index is 2.60. The molecule has 1 aromatic carbocycles. The van der Waals surface area contributed by atoms with Gasteiger partial charge in [0.2, 0.25) is 0 Å². The Hall–Kier alpha value is -2.90. The van der Waals surface area contributed by atoms with Gasteiger partial charge in [0.15, 0.2) is 6.61 Å². The fourth-order valence-electron chi connectivity index (χ4n) is 2.19. The van der Waals surface area contributed by atoms with E-state index in [2.05, 4.69) is 16.0 Å². The third-order valence-electron chi connectivity index (χ3n) is 3.61. The van der Waals surface area contributed by atoms with Crippen LogP contribution in [0.5, 0.6) is 0 Å². The van der Waals surface area contributed by atoms with Crippen LogP contribution in [0.3, 0.4) is 0 Å². The molecule has 0 aliphatic rings. The third kappa shape index (κ3) is 8.20. The van der Waals surface area contributed by atoms with Crippen LogP contribution in [-0.2, 0) is 14.3 Å². The summed E-state index contributed by atoms with van der Waals surface area (Å²) in [5.41, 5.74) is 0.919. The van der Waals surface area contributed by atoms with E-state index in [0.717, 1.165) is 5.56 Å². The summed E-state index contributed by atoms with van der Waals surface area (Å²) in [5.74, 6) is -2.18. The van der Waals surface area contributed by atoms with E-state index in [1.807, 2.05) is 6.92 Å². The minimum atomic E-state index is -0.926. The fraction of sp³-hybridized carbons (Fsp3) is 0.500. The van der Waals surface area contributed by atoms with Gasteiger partial charge in [-0.1, -0.05) is 31.5 Å². The highest BCUT2D eigenvalue weighted by atomic mass is 16.5. The van der Waals surface area contributed by atoms with Crippen molar-refractivity contribution in [3.63, 3.8) is 0 Å². The predicted molar refractivity (Wildman–Crippen MR) is 105 cm³/mol. The molecule has 0 bridgehead atoms. The molecule has 0 aliphatic carbocycles. The van der Waals surface area contributed by atoms with E-state index < -0.39 is 42.0 Å². The van der Waals surface area contributed by atoms with Crippen molar-refractivity contribution in [2.45, 2.75) is 53.1 Å². The molecule has 0 saturated heterocycles. The lowest BCUT2D eigenvalue weighted by Gasteiger charge is -2.21. The molecular weight excluding hydrogens is 362 g/mol. The molecule has 0 saturated carbocycles. The van der Waals surface area contributed by atoms with Gasteiger partial charge in [0, 0.05) is 11.1 Å². The van der Waals surface area contributed by atoms with E-state index in [-0.39, 0.29) is 5.92 Å². The Labute approximate surface area is 165 Å². The topological polar surface area (TPSA) is 114 Å². The van der Waals surface area contributed by atoms with Crippen molar-refractivity contribution in [1.82, 2.24) is 16.0 Å². The van der Waals surface area contributed by atoms with Crippen LogP contribution in [0.15, 0.2) is 24.3 Å². The van der Waals surface area contributed by atoms with E-state index in [1.165, 1.54) is 0 Å². The van der Waals surface area contributed by atoms with Gasteiger partial charge in [-0.2, -0.15) is 0 Å². The molecule has 154 valence electrons. The SMILES string of the molecule is Cc1ccc(C(=O)NC(C(=O)OCC(=O)NC(=O)NC(C)(C)C)C(C)C)cc1. The fourth-order valence-corrected chi connectivity index (χ4v) is 2.19. The molecule has 0 radical (unpaired) electrons. The van der Waals surface area contributed by atoms with Gasteiger partial charge in [-0.05, 0) is 45.7 Å². The second-order valence-electron chi connectivity index (χ2n) is 7.92. The standard InChI is InChI=1S/C20H29N3O5/c1-12(2)16(22-17(25)14-9-7-13(3)8-10-14)18(26)28-11-15(24)21-19(27)23-20(4,5)6/h7-10,12,16H,11H2,1-6H3,(H,22,25)(H2,21,23,24,27). The highest BCUT2D eigenvalue weighted by Gasteiger charge is 2.27. The number of hydrogen-bond acceptors (Lipinski definition) is 5. The van der Waals surface area contributed by atoms with Gasteiger partial charge >= 0.3 is 12.0 Å². The normalized spacial score (nSPS) is 12.1. The number of nitrogens with one attached hydrogen (secondary N) is 3. The van der Waals surface area contributed by atoms with Crippen LogP contribution < -0.4 is 16.0 Å². The zero-order chi connectivity index (χ0) is 21.5. The molecule has 0 aliphatic heterocycles. The van der Waals surface area contributed by atoms with Crippen molar-refractivity contribution < 1.29 is 23.9 Å². The summed E-state index contributed by atoms with van der Waals surface area (Å²) in [6, 6.07) is 5.31. The number of aryl methyl sites for hydroxylation is 1. The Kier molecular flexibility index (Phi) is 8.16. The minimum absolute atomic E-state index is 0.255. The van der Waals surface area contributed by atoms with Gasteiger partial charge in [0.25, 0.3) is 11.8 Å². The molecular formula is C20H29N3O5. The molecule has 0 heterocycles. The number of benzene rings is 1. The maximum absolute atomic E-state index is 12.3. The summed E-state index contributed by atoms with van der Waals surface area (Å²) in [6.07, 6.45) is 0. The largest absolute Gasteiger partial charge is 0.454 e.